The molecule has 6 rings (SSSR count). The number of rotatable bonds is 7. The maximum Gasteiger partial charge on any atom is 0.229 e. The number of anilines is 4. The predicted molar refractivity (Wildman–Crippen MR) is 148 cm³/mol. The van der Waals surface area contributed by atoms with Crippen LogP contribution in [0.1, 0.15) is 6.92 Å². The van der Waals surface area contributed by atoms with Crippen molar-refractivity contribution in [2.24, 2.45) is 0 Å². The van der Waals surface area contributed by atoms with Gasteiger partial charge in [-0.3, -0.25) is 0 Å². The molecule has 0 spiro atoms. The highest BCUT2D eigenvalue weighted by atomic mass is 16.5. The molecule has 1 fully saturated rings. The Kier molecular flexibility index (Phi) is 6.29. The molecule has 3 heterocycles. The van der Waals surface area contributed by atoms with Gasteiger partial charge in [-0.2, -0.15) is 15.1 Å². The fourth-order valence-electron chi connectivity index (χ4n) is 4.63. The van der Waals surface area contributed by atoms with E-state index in [1.54, 1.807) is 0 Å². The first-order valence-corrected chi connectivity index (χ1v) is 12.6. The quantitative estimate of drug-likeness (QED) is 0.332. The van der Waals surface area contributed by atoms with Crippen molar-refractivity contribution < 1.29 is 4.74 Å². The molecule has 8 heteroatoms. The molecule has 0 saturated carbocycles. The second kappa shape index (κ2) is 10.2. The van der Waals surface area contributed by atoms with Gasteiger partial charge < -0.3 is 19.9 Å². The minimum absolute atomic E-state index is 0.638. The number of aromatic nitrogens is 4. The van der Waals surface area contributed by atoms with E-state index in [0.29, 0.717) is 12.6 Å². The summed E-state index contributed by atoms with van der Waals surface area (Å²) in [7, 11) is 0. The summed E-state index contributed by atoms with van der Waals surface area (Å²) in [6.45, 7) is 6.11. The first-order chi connectivity index (χ1) is 18.3. The topological polar surface area (TPSA) is 71.3 Å². The summed E-state index contributed by atoms with van der Waals surface area (Å²) in [6.07, 6.45) is 1.83. The molecule has 1 saturated heterocycles. The average Bonchev–Trinajstić information content (AvgIpc) is 3.40. The van der Waals surface area contributed by atoms with Crippen LogP contribution in [0.25, 0.3) is 16.7 Å². The number of fused-ring (bicyclic) bond motifs is 1. The molecule has 0 unspecified atom stereocenters. The highest BCUT2D eigenvalue weighted by Gasteiger charge is 2.22. The fourth-order valence-corrected chi connectivity index (χ4v) is 4.63. The number of para-hydroxylation sites is 2. The zero-order chi connectivity index (χ0) is 25.0. The number of nitrogens with one attached hydrogen (secondary N) is 1. The highest BCUT2D eigenvalue weighted by molar-refractivity contribution is 5.90. The van der Waals surface area contributed by atoms with Crippen LogP contribution in [0.2, 0.25) is 0 Å². The maximum atomic E-state index is 5.60. The van der Waals surface area contributed by atoms with E-state index in [9.17, 15) is 0 Å². The summed E-state index contributed by atoms with van der Waals surface area (Å²) in [6, 6.07) is 28.5. The van der Waals surface area contributed by atoms with E-state index in [-0.39, 0.29) is 0 Å². The molecule has 3 aromatic carbocycles. The predicted octanol–water partition coefficient (Wildman–Crippen LogP) is 5.28. The van der Waals surface area contributed by atoms with E-state index < -0.39 is 0 Å². The van der Waals surface area contributed by atoms with Gasteiger partial charge in [-0.05, 0) is 55.5 Å². The number of hydrogen-bond donors (Lipinski definition) is 1. The Morgan fingerprint density at radius 1 is 0.757 bits per heavy atom. The van der Waals surface area contributed by atoms with Gasteiger partial charge in [-0.1, -0.05) is 36.4 Å². The Balaban J connectivity index is 1.34. The standard InChI is InChI=1S/C29H29N7O/c1-2-37-25-15-13-22(14-16-25)31-27-26-21-30-36(24-11-7-4-8-12-24)28(26)33-29(32-27)35-19-17-34(18-20-35)23-9-5-3-6-10-23/h3-16,21H,2,17-20H2,1H3,(H,31,32,33). The van der Waals surface area contributed by atoms with E-state index in [4.69, 9.17) is 14.7 Å². The largest absolute Gasteiger partial charge is 0.494 e. The van der Waals surface area contributed by atoms with Gasteiger partial charge in [-0.15, -0.1) is 0 Å². The average molecular weight is 492 g/mol. The lowest BCUT2D eigenvalue weighted by Gasteiger charge is -2.36. The number of hydrogen-bond acceptors (Lipinski definition) is 7. The van der Waals surface area contributed by atoms with Gasteiger partial charge in [0.1, 0.15) is 11.6 Å². The zero-order valence-corrected chi connectivity index (χ0v) is 20.8. The van der Waals surface area contributed by atoms with Gasteiger partial charge in [0.25, 0.3) is 0 Å². The molecule has 5 aromatic rings. The minimum Gasteiger partial charge on any atom is -0.494 e. The second-order valence-corrected chi connectivity index (χ2v) is 8.89. The van der Waals surface area contributed by atoms with Gasteiger partial charge in [0.2, 0.25) is 5.95 Å². The molecule has 1 N–H and O–H groups in total. The molecule has 0 radical (unpaired) electrons. The summed E-state index contributed by atoms with van der Waals surface area (Å²) < 4.78 is 7.47. The Morgan fingerprint density at radius 3 is 2.08 bits per heavy atom. The van der Waals surface area contributed by atoms with Crippen LogP contribution in [0.5, 0.6) is 5.75 Å². The normalized spacial score (nSPS) is 13.6. The van der Waals surface area contributed by atoms with Crippen molar-refractivity contribution in [3.8, 4) is 11.4 Å². The number of piperazine rings is 1. The smallest absolute Gasteiger partial charge is 0.229 e. The Hall–Kier alpha value is -4.59. The van der Waals surface area contributed by atoms with Crippen LogP contribution in [0.3, 0.4) is 0 Å². The van der Waals surface area contributed by atoms with Gasteiger partial charge >= 0.3 is 0 Å². The molecule has 8 nitrogen and oxygen atoms in total. The van der Waals surface area contributed by atoms with Crippen LogP contribution < -0.4 is 19.9 Å². The molecule has 0 amide bonds. The van der Waals surface area contributed by atoms with Crippen molar-refractivity contribution in [2.75, 3.05) is 47.9 Å². The first-order valence-electron chi connectivity index (χ1n) is 12.6. The van der Waals surface area contributed by atoms with E-state index >= 15 is 0 Å². The van der Waals surface area contributed by atoms with Crippen molar-refractivity contribution in [3.63, 3.8) is 0 Å². The third kappa shape index (κ3) is 4.78. The summed E-state index contributed by atoms with van der Waals surface area (Å²) in [4.78, 5) is 14.7. The lowest BCUT2D eigenvalue weighted by atomic mass is 10.2. The molecule has 2 aromatic heterocycles. The van der Waals surface area contributed by atoms with E-state index in [2.05, 4.69) is 50.5 Å². The lowest BCUT2D eigenvalue weighted by Crippen LogP contribution is -2.47. The lowest BCUT2D eigenvalue weighted by molar-refractivity contribution is 0.340. The van der Waals surface area contributed by atoms with E-state index in [0.717, 1.165) is 60.2 Å². The van der Waals surface area contributed by atoms with Crippen LogP contribution in [-0.4, -0.2) is 52.5 Å². The third-order valence-corrected chi connectivity index (χ3v) is 6.53. The van der Waals surface area contributed by atoms with Crippen molar-refractivity contribution in [2.45, 2.75) is 6.92 Å². The van der Waals surface area contributed by atoms with Gasteiger partial charge in [-0.25, -0.2) is 4.68 Å². The number of nitrogens with zero attached hydrogens (tertiary/aromatic N) is 6. The van der Waals surface area contributed by atoms with Crippen LogP contribution in [-0.2, 0) is 0 Å². The maximum absolute atomic E-state index is 5.60. The molecule has 0 bridgehead atoms. The monoisotopic (exact) mass is 491 g/mol. The Bertz CT molecular complexity index is 1460. The molecular weight excluding hydrogens is 462 g/mol. The molecule has 1 aliphatic rings. The van der Waals surface area contributed by atoms with Crippen molar-refractivity contribution >= 4 is 34.2 Å². The van der Waals surface area contributed by atoms with Crippen LogP contribution in [0, 0.1) is 0 Å². The van der Waals surface area contributed by atoms with Gasteiger partial charge in [0.15, 0.2) is 5.65 Å². The molecular formula is C29H29N7O. The van der Waals surface area contributed by atoms with Gasteiger partial charge in [0, 0.05) is 37.6 Å². The molecule has 0 atom stereocenters. The molecule has 1 aliphatic heterocycles. The highest BCUT2D eigenvalue weighted by Crippen LogP contribution is 2.29. The van der Waals surface area contributed by atoms with Gasteiger partial charge in [0.05, 0.1) is 23.9 Å². The van der Waals surface area contributed by atoms with E-state index in [1.165, 1.54) is 5.69 Å². The van der Waals surface area contributed by atoms with Crippen molar-refractivity contribution in [1.82, 2.24) is 19.7 Å². The van der Waals surface area contributed by atoms with E-state index in [1.807, 2.05) is 72.4 Å². The minimum atomic E-state index is 0.638. The summed E-state index contributed by atoms with van der Waals surface area (Å²) >= 11 is 0. The third-order valence-electron chi connectivity index (χ3n) is 6.53. The summed E-state index contributed by atoms with van der Waals surface area (Å²) in [5, 5.41) is 9.03. The Labute approximate surface area is 216 Å². The van der Waals surface area contributed by atoms with Crippen LogP contribution in [0.4, 0.5) is 23.1 Å². The van der Waals surface area contributed by atoms with Crippen molar-refractivity contribution in [3.05, 3.63) is 91.1 Å². The Morgan fingerprint density at radius 2 is 1.41 bits per heavy atom. The number of ether oxygens (including phenoxy) is 1. The van der Waals surface area contributed by atoms with Crippen LogP contribution in [0.15, 0.2) is 91.1 Å². The molecule has 37 heavy (non-hydrogen) atoms. The van der Waals surface area contributed by atoms with Crippen molar-refractivity contribution in [1.29, 1.82) is 0 Å². The molecule has 0 aliphatic carbocycles. The summed E-state index contributed by atoms with van der Waals surface area (Å²) in [5.41, 5.74) is 3.91. The van der Waals surface area contributed by atoms with Crippen LogP contribution >= 0.6 is 0 Å². The number of benzene rings is 3. The fraction of sp³-hybridized carbons (Fsp3) is 0.207. The molecule has 186 valence electrons. The zero-order valence-electron chi connectivity index (χ0n) is 20.8. The first kappa shape index (κ1) is 22.8. The SMILES string of the molecule is CCOc1ccc(Nc2nc(N3CCN(c4ccccc4)CC3)nc3c2cnn3-c2ccccc2)cc1. The summed E-state index contributed by atoms with van der Waals surface area (Å²) in [5.74, 6) is 2.28. The second-order valence-electron chi connectivity index (χ2n) is 8.89.